The van der Waals surface area contributed by atoms with Crippen molar-refractivity contribution in [3.05, 3.63) is 24.1 Å². The molecule has 0 saturated heterocycles. The number of rotatable bonds is 9. The molecule has 2 heterocycles. The first-order valence-corrected chi connectivity index (χ1v) is 7.49. The topological polar surface area (TPSA) is 79.6 Å². The maximum absolute atomic E-state index is 11.7. The van der Waals surface area contributed by atoms with Gasteiger partial charge in [-0.2, -0.15) is 0 Å². The Morgan fingerprint density at radius 1 is 1.36 bits per heavy atom. The van der Waals surface area contributed by atoms with Crippen molar-refractivity contribution in [3.63, 3.8) is 0 Å². The molecule has 22 heavy (non-hydrogen) atoms. The minimum absolute atomic E-state index is 0.0193. The summed E-state index contributed by atoms with van der Waals surface area (Å²) in [6, 6.07) is 3.60. The molecule has 0 aliphatic rings. The fourth-order valence-electron chi connectivity index (χ4n) is 2.09. The highest BCUT2D eigenvalue weighted by atomic mass is 16.5. The number of nitrogens with zero attached hydrogens (tertiary/aromatic N) is 1. The largest absolute Gasteiger partial charge is 0.463 e. The van der Waals surface area contributed by atoms with Gasteiger partial charge in [-0.25, -0.2) is 0 Å². The van der Waals surface area contributed by atoms with E-state index < -0.39 is 0 Å². The van der Waals surface area contributed by atoms with Crippen molar-refractivity contribution in [2.75, 3.05) is 19.8 Å². The third-order valence-corrected chi connectivity index (χ3v) is 3.64. The number of aromatic nitrogens is 1. The number of fused-ring (bicyclic) bond motifs is 1. The number of carbonyl (C=O) groups is 1. The number of Topliss-reactive ketones (excluding diaryl/α,β-unsaturated/α-hetero) is 1. The van der Waals surface area contributed by atoms with Crippen LogP contribution in [-0.2, 0) is 16.2 Å². The number of carbonyl (C=O) groups excluding carboxylic acids is 1. The standard InChI is InChI=1S/C16H24N2O4/c1-11(2)13(17)9-20-6-7-21-10-18-14-4-5-22-16(14)8-15(18)12(3)19/h4-5,8,11,13H,6-7,9-10,17H2,1-3H3/t13-/m0/s1. The van der Waals surface area contributed by atoms with Crippen LogP contribution >= 0.6 is 0 Å². The van der Waals surface area contributed by atoms with Gasteiger partial charge in [-0.1, -0.05) is 13.8 Å². The first-order valence-electron chi connectivity index (χ1n) is 7.49. The Hall–Kier alpha value is -1.63. The summed E-state index contributed by atoms with van der Waals surface area (Å²) in [5.74, 6) is 0.377. The molecule has 0 bridgehead atoms. The van der Waals surface area contributed by atoms with E-state index in [4.69, 9.17) is 19.6 Å². The summed E-state index contributed by atoms with van der Waals surface area (Å²) < 4.78 is 18.2. The predicted molar refractivity (Wildman–Crippen MR) is 83.8 cm³/mol. The van der Waals surface area contributed by atoms with Crippen LogP contribution in [0.3, 0.4) is 0 Å². The molecule has 2 aromatic rings. The molecule has 0 amide bonds. The van der Waals surface area contributed by atoms with E-state index in [1.54, 1.807) is 16.9 Å². The van der Waals surface area contributed by atoms with Crippen molar-refractivity contribution in [2.24, 2.45) is 11.7 Å². The Morgan fingerprint density at radius 2 is 2.09 bits per heavy atom. The van der Waals surface area contributed by atoms with E-state index in [1.807, 2.05) is 6.07 Å². The van der Waals surface area contributed by atoms with E-state index in [0.29, 0.717) is 37.0 Å². The summed E-state index contributed by atoms with van der Waals surface area (Å²) in [7, 11) is 0. The molecule has 6 nitrogen and oxygen atoms in total. The summed E-state index contributed by atoms with van der Waals surface area (Å²) in [5.41, 5.74) is 8.02. The van der Waals surface area contributed by atoms with Crippen LogP contribution in [0.1, 0.15) is 31.3 Å². The molecule has 6 heteroatoms. The SMILES string of the molecule is CC(=O)c1cc2occc2n1COCCOC[C@H](N)C(C)C. The van der Waals surface area contributed by atoms with Gasteiger partial charge in [-0.3, -0.25) is 4.79 Å². The van der Waals surface area contributed by atoms with Gasteiger partial charge in [0.05, 0.1) is 37.3 Å². The lowest BCUT2D eigenvalue weighted by atomic mass is 10.1. The molecule has 0 spiro atoms. The second kappa shape index (κ2) is 7.58. The van der Waals surface area contributed by atoms with Gasteiger partial charge in [0.25, 0.3) is 0 Å². The van der Waals surface area contributed by atoms with Crippen LogP contribution < -0.4 is 5.73 Å². The summed E-state index contributed by atoms with van der Waals surface area (Å²) in [5, 5.41) is 0. The summed E-state index contributed by atoms with van der Waals surface area (Å²) in [6.45, 7) is 7.39. The third-order valence-electron chi connectivity index (χ3n) is 3.64. The Morgan fingerprint density at radius 3 is 2.77 bits per heavy atom. The molecule has 0 aromatic carbocycles. The quantitative estimate of drug-likeness (QED) is 0.568. The van der Waals surface area contributed by atoms with E-state index in [1.165, 1.54) is 6.92 Å². The number of nitrogens with two attached hydrogens (primary N) is 1. The van der Waals surface area contributed by atoms with Gasteiger partial charge in [0.15, 0.2) is 11.4 Å². The molecule has 0 unspecified atom stereocenters. The molecule has 0 aliphatic heterocycles. The normalized spacial score (nSPS) is 13.1. The highest BCUT2D eigenvalue weighted by molar-refractivity contribution is 5.97. The van der Waals surface area contributed by atoms with E-state index in [0.717, 1.165) is 5.52 Å². The van der Waals surface area contributed by atoms with Gasteiger partial charge in [-0.15, -0.1) is 0 Å². The van der Waals surface area contributed by atoms with Crippen molar-refractivity contribution < 1.29 is 18.7 Å². The van der Waals surface area contributed by atoms with E-state index in [2.05, 4.69) is 13.8 Å². The predicted octanol–water partition coefficient (Wildman–Crippen LogP) is 2.41. The van der Waals surface area contributed by atoms with Crippen molar-refractivity contribution in [3.8, 4) is 0 Å². The Kier molecular flexibility index (Phi) is 5.76. The smallest absolute Gasteiger partial charge is 0.176 e. The van der Waals surface area contributed by atoms with Crippen LogP contribution in [0, 0.1) is 5.92 Å². The lowest BCUT2D eigenvalue weighted by Gasteiger charge is -2.15. The molecule has 122 valence electrons. The zero-order valence-corrected chi connectivity index (χ0v) is 13.4. The number of ether oxygens (including phenoxy) is 2. The average molecular weight is 308 g/mol. The zero-order valence-electron chi connectivity index (χ0n) is 13.4. The van der Waals surface area contributed by atoms with Gasteiger partial charge >= 0.3 is 0 Å². The fourth-order valence-corrected chi connectivity index (χ4v) is 2.09. The van der Waals surface area contributed by atoms with Gasteiger partial charge in [0.1, 0.15) is 6.73 Å². The van der Waals surface area contributed by atoms with E-state index in [-0.39, 0.29) is 18.6 Å². The van der Waals surface area contributed by atoms with Gasteiger partial charge in [0.2, 0.25) is 0 Å². The third kappa shape index (κ3) is 3.97. The van der Waals surface area contributed by atoms with Crippen molar-refractivity contribution in [1.82, 2.24) is 4.57 Å². The van der Waals surface area contributed by atoms with Crippen LogP contribution in [0.25, 0.3) is 11.1 Å². The summed E-state index contributed by atoms with van der Waals surface area (Å²) in [4.78, 5) is 11.7. The molecule has 1 atom stereocenters. The number of hydrogen-bond donors (Lipinski definition) is 1. The molecule has 0 radical (unpaired) electrons. The monoisotopic (exact) mass is 308 g/mol. The van der Waals surface area contributed by atoms with Gasteiger partial charge < -0.3 is 24.2 Å². The van der Waals surface area contributed by atoms with Crippen molar-refractivity contribution in [2.45, 2.75) is 33.5 Å². The average Bonchev–Trinajstić information content (AvgIpc) is 3.03. The Balaban J connectivity index is 1.81. The Bertz CT molecular complexity index is 615. The van der Waals surface area contributed by atoms with Crippen LogP contribution in [0.5, 0.6) is 0 Å². The first-order chi connectivity index (χ1) is 10.5. The van der Waals surface area contributed by atoms with Crippen LogP contribution in [0.4, 0.5) is 0 Å². The summed E-state index contributed by atoms with van der Waals surface area (Å²) >= 11 is 0. The first kappa shape index (κ1) is 16.7. The minimum atomic E-state index is -0.0193. The zero-order chi connectivity index (χ0) is 16.1. The molecular weight excluding hydrogens is 284 g/mol. The highest BCUT2D eigenvalue weighted by Gasteiger charge is 2.14. The Labute approximate surface area is 130 Å². The number of ketones is 1. The van der Waals surface area contributed by atoms with Gasteiger partial charge in [-0.05, 0) is 5.92 Å². The second-order valence-electron chi connectivity index (χ2n) is 5.70. The molecule has 2 rings (SSSR count). The molecule has 2 N–H and O–H groups in total. The fraction of sp³-hybridized carbons (Fsp3) is 0.562. The molecule has 2 aromatic heterocycles. The van der Waals surface area contributed by atoms with Crippen molar-refractivity contribution >= 4 is 16.9 Å². The molecular formula is C16H24N2O4. The minimum Gasteiger partial charge on any atom is -0.463 e. The van der Waals surface area contributed by atoms with Crippen LogP contribution in [0.2, 0.25) is 0 Å². The number of furan rings is 1. The van der Waals surface area contributed by atoms with E-state index in [9.17, 15) is 4.79 Å². The van der Waals surface area contributed by atoms with Crippen LogP contribution in [0.15, 0.2) is 22.8 Å². The molecule has 0 fully saturated rings. The lowest BCUT2D eigenvalue weighted by molar-refractivity contribution is 0.0137. The maximum atomic E-state index is 11.7. The summed E-state index contributed by atoms with van der Waals surface area (Å²) in [6.07, 6.45) is 1.60. The maximum Gasteiger partial charge on any atom is 0.176 e. The van der Waals surface area contributed by atoms with Crippen LogP contribution in [-0.4, -0.2) is 36.2 Å². The highest BCUT2D eigenvalue weighted by Crippen LogP contribution is 2.21. The molecule has 0 aliphatic carbocycles. The second-order valence-corrected chi connectivity index (χ2v) is 5.70. The van der Waals surface area contributed by atoms with E-state index >= 15 is 0 Å². The van der Waals surface area contributed by atoms with Gasteiger partial charge in [0, 0.05) is 25.1 Å². The van der Waals surface area contributed by atoms with Crippen molar-refractivity contribution in [1.29, 1.82) is 0 Å². The lowest BCUT2D eigenvalue weighted by Crippen LogP contribution is -2.32. The number of hydrogen-bond acceptors (Lipinski definition) is 5. The molecule has 0 saturated carbocycles.